The smallest absolute Gasteiger partial charge is 0.0582 e. The van der Waals surface area contributed by atoms with Crippen molar-refractivity contribution in [3.63, 3.8) is 0 Å². The van der Waals surface area contributed by atoms with Gasteiger partial charge in [-0.1, -0.05) is 0 Å². The van der Waals surface area contributed by atoms with Crippen LogP contribution in [0.25, 0.3) is 0 Å². The summed E-state index contributed by atoms with van der Waals surface area (Å²) in [7, 11) is 0. The summed E-state index contributed by atoms with van der Waals surface area (Å²) in [5.74, 6) is -3.09. The van der Waals surface area contributed by atoms with Crippen molar-refractivity contribution in [1.29, 1.82) is 0 Å². The normalized spacial score (nSPS) is 29.4. The molecule has 0 bridgehead atoms. The largest absolute Gasteiger partial charge is 0.550 e. The monoisotopic (exact) mass is 171 g/mol. The lowest BCUT2D eigenvalue weighted by molar-refractivity contribution is -0.310. The van der Waals surface area contributed by atoms with Gasteiger partial charge in [0.1, 0.15) is 0 Å². The second-order valence-corrected chi connectivity index (χ2v) is 3.08. The third-order valence-electron chi connectivity index (χ3n) is 2.08. The van der Waals surface area contributed by atoms with E-state index in [2.05, 4.69) is 0 Å². The quantitative estimate of drug-likeness (QED) is 0.480. The molecule has 0 saturated heterocycles. The fourth-order valence-electron chi connectivity index (χ4n) is 1.22. The second-order valence-electron chi connectivity index (χ2n) is 3.08. The molecule has 0 amide bonds. The van der Waals surface area contributed by atoms with E-state index in [0.29, 0.717) is 6.42 Å². The van der Waals surface area contributed by atoms with Gasteiger partial charge < -0.3 is 25.5 Å². The second kappa shape index (κ2) is 3.10. The lowest BCUT2D eigenvalue weighted by Gasteiger charge is -2.11. The summed E-state index contributed by atoms with van der Waals surface area (Å²) in [6, 6.07) is -1.06. The Hall–Kier alpha value is -1.10. The highest BCUT2D eigenvalue weighted by Crippen LogP contribution is 2.41. The van der Waals surface area contributed by atoms with Gasteiger partial charge in [0.25, 0.3) is 0 Å². The van der Waals surface area contributed by atoms with Crippen LogP contribution in [0.15, 0.2) is 0 Å². The number of rotatable bonds is 4. The molecule has 1 aliphatic carbocycles. The number of carboxylic acid groups (broad SMARTS) is 2. The molecule has 1 aliphatic rings. The van der Waals surface area contributed by atoms with E-state index < -0.39 is 23.9 Å². The van der Waals surface area contributed by atoms with Gasteiger partial charge in [0, 0.05) is 17.9 Å². The molecule has 0 aliphatic heterocycles. The summed E-state index contributed by atoms with van der Waals surface area (Å²) in [4.78, 5) is 20.3. The van der Waals surface area contributed by atoms with Gasteiger partial charge in [-0.3, -0.25) is 0 Å². The molecular formula is C7H9NO4-2. The molecule has 0 spiro atoms. The van der Waals surface area contributed by atoms with E-state index in [4.69, 9.17) is 5.73 Å². The average molecular weight is 171 g/mol. The van der Waals surface area contributed by atoms with Crippen LogP contribution < -0.4 is 15.9 Å². The van der Waals surface area contributed by atoms with E-state index >= 15 is 0 Å². The standard InChI is InChI=1S/C7H11NO4/c8-5(7(11)12)2-3-1-4(3)6(9)10/h3-5H,1-2,8H2,(H,9,10)(H,11,12)/p-2. The summed E-state index contributed by atoms with van der Waals surface area (Å²) >= 11 is 0. The van der Waals surface area contributed by atoms with Crippen LogP contribution in [0.2, 0.25) is 0 Å². The molecule has 3 atom stereocenters. The minimum Gasteiger partial charge on any atom is -0.550 e. The molecule has 1 rings (SSSR count). The maximum absolute atomic E-state index is 10.2. The molecule has 1 saturated carbocycles. The summed E-state index contributed by atoms with van der Waals surface area (Å²) in [6.07, 6.45) is 0.643. The van der Waals surface area contributed by atoms with Crippen molar-refractivity contribution in [3.8, 4) is 0 Å². The zero-order chi connectivity index (χ0) is 9.30. The minimum absolute atomic E-state index is 0.136. The summed E-state index contributed by atoms with van der Waals surface area (Å²) in [5, 5.41) is 20.3. The highest BCUT2D eigenvalue weighted by molar-refractivity contribution is 5.73. The fourth-order valence-corrected chi connectivity index (χ4v) is 1.22. The Kier molecular flexibility index (Phi) is 2.32. The zero-order valence-electron chi connectivity index (χ0n) is 6.36. The van der Waals surface area contributed by atoms with Gasteiger partial charge in [-0.2, -0.15) is 0 Å². The molecule has 12 heavy (non-hydrogen) atoms. The molecule has 5 heteroatoms. The highest BCUT2D eigenvalue weighted by Gasteiger charge is 2.38. The van der Waals surface area contributed by atoms with Gasteiger partial charge in [0.05, 0.1) is 5.97 Å². The molecule has 0 aromatic rings. The molecule has 1 fully saturated rings. The van der Waals surface area contributed by atoms with Crippen molar-refractivity contribution in [3.05, 3.63) is 0 Å². The number of aliphatic carboxylic acids is 2. The average Bonchev–Trinajstić information content (AvgIpc) is 2.67. The van der Waals surface area contributed by atoms with Gasteiger partial charge in [0.2, 0.25) is 0 Å². The Morgan fingerprint density at radius 1 is 1.50 bits per heavy atom. The maximum atomic E-state index is 10.2. The third-order valence-corrected chi connectivity index (χ3v) is 2.08. The first-order valence-electron chi connectivity index (χ1n) is 3.69. The molecule has 0 aromatic carbocycles. The number of hydrogen-bond acceptors (Lipinski definition) is 5. The Bertz CT molecular complexity index is 215. The van der Waals surface area contributed by atoms with Crippen LogP contribution in [-0.2, 0) is 9.59 Å². The van der Waals surface area contributed by atoms with E-state index in [1.807, 2.05) is 0 Å². The number of carbonyl (C=O) groups excluding carboxylic acids is 2. The topological polar surface area (TPSA) is 106 Å². The van der Waals surface area contributed by atoms with Crippen molar-refractivity contribution in [2.75, 3.05) is 0 Å². The number of carbonyl (C=O) groups is 2. The van der Waals surface area contributed by atoms with Crippen molar-refractivity contribution in [1.82, 2.24) is 0 Å². The third kappa shape index (κ3) is 1.94. The van der Waals surface area contributed by atoms with Crippen molar-refractivity contribution < 1.29 is 19.8 Å². The van der Waals surface area contributed by atoms with Crippen molar-refractivity contribution >= 4 is 11.9 Å². The Morgan fingerprint density at radius 3 is 2.42 bits per heavy atom. The Labute approximate surface area is 69.2 Å². The first-order chi connectivity index (χ1) is 5.52. The summed E-state index contributed by atoms with van der Waals surface area (Å²) in [6.45, 7) is 0. The van der Waals surface area contributed by atoms with Gasteiger partial charge in [-0.05, 0) is 18.8 Å². The van der Waals surface area contributed by atoms with Crippen LogP contribution in [0.5, 0.6) is 0 Å². The number of hydrogen-bond donors (Lipinski definition) is 1. The highest BCUT2D eigenvalue weighted by atomic mass is 16.4. The van der Waals surface area contributed by atoms with Gasteiger partial charge in [-0.15, -0.1) is 0 Å². The van der Waals surface area contributed by atoms with Crippen LogP contribution in [0.1, 0.15) is 12.8 Å². The molecule has 68 valence electrons. The first-order valence-corrected chi connectivity index (χ1v) is 3.69. The van der Waals surface area contributed by atoms with Crippen LogP contribution in [0, 0.1) is 11.8 Å². The van der Waals surface area contributed by atoms with E-state index in [1.54, 1.807) is 0 Å². The summed E-state index contributed by atoms with van der Waals surface area (Å²) < 4.78 is 0. The molecule has 2 N–H and O–H groups in total. The molecule has 3 unspecified atom stereocenters. The Morgan fingerprint density at radius 2 is 2.08 bits per heavy atom. The fraction of sp³-hybridized carbons (Fsp3) is 0.714. The van der Waals surface area contributed by atoms with E-state index in [9.17, 15) is 19.8 Å². The van der Waals surface area contributed by atoms with Gasteiger partial charge in [0.15, 0.2) is 0 Å². The molecule has 0 radical (unpaired) electrons. The van der Waals surface area contributed by atoms with Gasteiger partial charge >= 0.3 is 0 Å². The maximum Gasteiger partial charge on any atom is 0.0582 e. The van der Waals surface area contributed by atoms with Crippen LogP contribution in [-0.4, -0.2) is 18.0 Å². The number of carboxylic acids is 2. The van der Waals surface area contributed by atoms with Crippen LogP contribution >= 0.6 is 0 Å². The zero-order valence-corrected chi connectivity index (χ0v) is 6.36. The van der Waals surface area contributed by atoms with Crippen molar-refractivity contribution in [2.24, 2.45) is 17.6 Å². The molecule has 0 aromatic heterocycles. The van der Waals surface area contributed by atoms with E-state index in [-0.39, 0.29) is 12.3 Å². The predicted molar refractivity (Wildman–Crippen MR) is 34.2 cm³/mol. The van der Waals surface area contributed by atoms with Crippen LogP contribution in [0.3, 0.4) is 0 Å². The van der Waals surface area contributed by atoms with E-state index in [0.717, 1.165) is 0 Å². The number of nitrogens with two attached hydrogens (primary N) is 1. The lowest BCUT2D eigenvalue weighted by atomic mass is 10.1. The molecule has 0 heterocycles. The SMILES string of the molecule is NC(CC1CC1C(=O)[O-])C(=O)[O-]. The lowest BCUT2D eigenvalue weighted by Crippen LogP contribution is -2.42. The van der Waals surface area contributed by atoms with E-state index in [1.165, 1.54) is 0 Å². The summed E-state index contributed by atoms with van der Waals surface area (Å²) in [5.41, 5.74) is 5.14. The molecule has 5 nitrogen and oxygen atoms in total. The minimum atomic E-state index is -1.33. The molecular weight excluding hydrogens is 162 g/mol. The Balaban J connectivity index is 2.27. The predicted octanol–water partition coefficient (Wildman–Crippen LogP) is -3.16. The van der Waals surface area contributed by atoms with Crippen LogP contribution in [0.4, 0.5) is 0 Å². The first kappa shape index (κ1) is 8.99. The van der Waals surface area contributed by atoms with Gasteiger partial charge in [-0.25, -0.2) is 0 Å². The van der Waals surface area contributed by atoms with Crippen molar-refractivity contribution in [2.45, 2.75) is 18.9 Å².